The topological polar surface area (TPSA) is 34.2 Å². The minimum Gasteiger partial charge on any atom is -0.481 e. The van der Waals surface area contributed by atoms with Crippen molar-refractivity contribution in [1.82, 2.24) is 10.3 Å². The lowest BCUT2D eigenvalue weighted by atomic mass is 9.96. The predicted octanol–water partition coefficient (Wildman–Crippen LogP) is 3.38. The molecule has 0 amide bonds. The molecule has 112 valence electrons. The molecule has 21 heavy (non-hydrogen) atoms. The summed E-state index contributed by atoms with van der Waals surface area (Å²) in [5.74, 6) is -0.787. The molecule has 0 saturated carbocycles. The standard InChI is InChI=1S/C16H18F2N2O/c1-4-19-15(11-6-5-9-20-16(11)21-3)13-12(17)8-7-10(2)14(13)18/h5-9,15,19H,4H2,1-3H3. The fourth-order valence-corrected chi connectivity index (χ4v) is 2.31. The van der Waals surface area contributed by atoms with E-state index >= 15 is 0 Å². The van der Waals surface area contributed by atoms with Crippen LogP contribution in [-0.2, 0) is 0 Å². The second kappa shape index (κ2) is 6.63. The first-order valence-electron chi connectivity index (χ1n) is 6.76. The van der Waals surface area contributed by atoms with Crippen LogP contribution >= 0.6 is 0 Å². The summed E-state index contributed by atoms with van der Waals surface area (Å²) in [6, 6.07) is 5.52. The van der Waals surface area contributed by atoms with Crippen molar-refractivity contribution >= 4 is 0 Å². The van der Waals surface area contributed by atoms with Gasteiger partial charge in [-0.25, -0.2) is 13.8 Å². The van der Waals surface area contributed by atoms with E-state index in [9.17, 15) is 8.78 Å². The molecule has 1 heterocycles. The summed E-state index contributed by atoms with van der Waals surface area (Å²) in [7, 11) is 1.48. The third-order valence-electron chi connectivity index (χ3n) is 3.32. The second-order valence-electron chi connectivity index (χ2n) is 4.68. The van der Waals surface area contributed by atoms with Gasteiger partial charge in [-0.15, -0.1) is 0 Å². The number of methoxy groups -OCH3 is 1. The summed E-state index contributed by atoms with van der Waals surface area (Å²) in [6.45, 7) is 4.04. The minimum absolute atomic E-state index is 0.0110. The summed E-state index contributed by atoms with van der Waals surface area (Å²) in [4.78, 5) is 4.10. The zero-order valence-electron chi connectivity index (χ0n) is 12.3. The highest BCUT2D eigenvalue weighted by Gasteiger charge is 2.25. The zero-order valence-corrected chi connectivity index (χ0v) is 12.3. The van der Waals surface area contributed by atoms with Gasteiger partial charge < -0.3 is 10.1 Å². The van der Waals surface area contributed by atoms with Gasteiger partial charge in [0.25, 0.3) is 0 Å². The molecular weight excluding hydrogens is 274 g/mol. The number of nitrogens with one attached hydrogen (secondary N) is 1. The molecule has 1 atom stereocenters. The van der Waals surface area contributed by atoms with Crippen molar-refractivity contribution in [2.75, 3.05) is 13.7 Å². The van der Waals surface area contributed by atoms with Gasteiger partial charge in [0.05, 0.1) is 13.2 Å². The van der Waals surface area contributed by atoms with E-state index in [0.717, 1.165) is 0 Å². The van der Waals surface area contributed by atoms with Crippen molar-refractivity contribution in [3.8, 4) is 5.88 Å². The molecule has 1 N–H and O–H groups in total. The summed E-state index contributed by atoms with van der Waals surface area (Å²) >= 11 is 0. The van der Waals surface area contributed by atoms with Crippen LogP contribution in [0, 0.1) is 18.6 Å². The zero-order chi connectivity index (χ0) is 15.4. The van der Waals surface area contributed by atoms with Crippen molar-refractivity contribution in [3.63, 3.8) is 0 Å². The van der Waals surface area contributed by atoms with Gasteiger partial charge in [0.15, 0.2) is 0 Å². The third kappa shape index (κ3) is 3.03. The van der Waals surface area contributed by atoms with Crippen molar-refractivity contribution in [3.05, 3.63) is 58.8 Å². The Morgan fingerprint density at radius 2 is 2.05 bits per heavy atom. The van der Waals surface area contributed by atoms with Crippen LogP contribution in [0.1, 0.15) is 29.7 Å². The number of hydrogen-bond acceptors (Lipinski definition) is 3. The Bertz CT molecular complexity index is 632. The van der Waals surface area contributed by atoms with Crippen LogP contribution < -0.4 is 10.1 Å². The number of ether oxygens (including phenoxy) is 1. The molecule has 1 aromatic heterocycles. The highest BCUT2D eigenvalue weighted by molar-refractivity contribution is 5.40. The number of halogens is 2. The first kappa shape index (κ1) is 15.4. The Balaban J connectivity index is 2.62. The van der Waals surface area contributed by atoms with E-state index in [2.05, 4.69) is 10.3 Å². The molecule has 0 radical (unpaired) electrons. The van der Waals surface area contributed by atoms with Gasteiger partial charge in [-0.1, -0.05) is 19.1 Å². The third-order valence-corrected chi connectivity index (χ3v) is 3.32. The van der Waals surface area contributed by atoms with E-state index in [-0.39, 0.29) is 5.56 Å². The molecule has 2 aromatic rings. The number of aromatic nitrogens is 1. The molecular formula is C16H18F2N2O. The molecule has 0 saturated heterocycles. The van der Waals surface area contributed by atoms with E-state index in [1.807, 2.05) is 6.92 Å². The van der Waals surface area contributed by atoms with Gasteiger partial charge in [-0.05, 0) is 31.2 Å². The first-order valence-corrected chi connectivity index (χ1v) is 6.76. The molecule has 0 aliphatic carbocycles. The Labute approximate surface area is 123 Å². The van der Waals surface area contributed by atoms with Crippen LogP contribution in [0.2, 0.25) is 0 Å². The SMILES string of the molecule is CCNC(c1cccnc1OC)c1c(F)ccc(C)c1F. The monoisotopic (exact) mass is 292 g/mol. The highest BCUT2D eigenvalue weighted by atomic mass is 19.1. The van der Waals surface area contributed by atoms with Gasteiger partial charge in [0.2, 0.25) is 5.88 Å². The van der Waals surface area contributed by atoms with E-state index in [1.165, 1.54) is 19.2 Å². The van der Waals surface area contributed by atoms with Crippen LogP contribution in [0.3, 0.4) is 0 Å². The second-order valence-corrected chi connectivity index (χ2v) is 4.68. The Kier molecular flexibility index (Phi) is 4.85. The molecule has 1 aromatic carbocycles. The summed E-state index contributed by atoms with van der Waals surface area (Å²) in [5.41, 5.74) is 0.991. The summed E-state index contributed by atoms with van der Waals surface area (Å²) < 4.78 is 33.8. The van der Waals surface area contributed by atoms with Crippen LogP contribution in [-0.4, -0.2) is 18.6 Å². The maximum absolute atomic E-state index is 14.4. The van der Waals surface area contributed by atoms with Crippen LogP contribution in [0.5, 0.6) is 5.88 Å². The van der Waals surface area contributed by atoms with E-state index < -0.39 is 17.7 Å². The molecule has 0 aliphatic heterocycles. The number of hydrogen-bond donors (Lipinski definition) is 1. The smallest absolute Gasteiger partial charge is 0.218 e. The molecule has 2 rings (SSSR count). The molecule has 0 fully saturated rings. The summed E-state index contributed by atoms with van der Waals surface area (Å²) in [6.07, 6.45) is 1.58. The van der Waals surface area contributed by atoms with Crippen molar-refractivity contribution in [2.24, 2.45) is 0 Å². The van der Waals surface area contributed by atoms with Gasteiger partial charge in [-0.3, -0.25) is 0 Å². The number of nitrogens with zero attached hydrogens (tertiary/aromatic N) is 1. The largest absolute Gasteiger partial charge is 0.481 e. The molecule has 0 bridgehead atoms. The number of aryl methyl sites for hydroxylation is 1. The average molecular weight is 292 g/mol. The molecule has 5 heteroatoms. The van der Waals surface area contributed by atoms with E-state index in [4.69, 9.17) is 4.74 Å². The van der Waals surface area contributed by atoms with E-state index in [0.29, 0.717) is 23.6 Å². The lowest BCUT2D eigenvalue weighted by Gasteiger charge is -2.22. The van der Waals surface area contributed by atoms with Crippen LogP contribution in [0.15, 0.2) is 30.5 Å². The maximum atomic E-state index is 14.4. The normalized spacial score (nSPS) is 12.2. The predicted molar refractivity (Wildman–Crippen MR) is 77.4 cm³/mol. The molecule has 3 nitrogen and oxygen atoms in total. The average Bonchev–Trinajstić information content (AvgIpc) is 2.50. The lowest BCUT2D eigenvalue weighted by Crippen LogP contribution is -2.25. The van der Waals surface area contributed by atoms with Crippen LogP contribution in [0.4, 0.5) is 8.78 Å². The van der Waals surface area contributed by atoms with Gasteiger partial charge >= 0.3 is 0 Å². The van der Waals surface area contributed by atoms with Crippen molar-refractivity contribution in [1.29, 1.82) is 0 Å². The number of rotatable bonds is 5. The van der Waals surface area contributed by atoms with Gasteiger partial charge in [0.1, 0.15) is 11.6 Å². The van der Waals surface area contributed by atoms with Gasteiger partial charge in [-0.2, -0.15) is 0 Å². The quantitative estimate of drug-likeness (QED) is 0.917. The number of pyridine rings is 1. The first-order chi connectivity index (χ1) is 10.1. The Morgan fingerprint density at radius 1 is 1.29 bits per heavy atom. The van der Waals surface area contributed by atoms with Crippen molar-refractivity contribution < 1.29 is 13.5 Å². The fourth-order valence-electron chi connectivity index (χ4n) is 2.31. The fraction of sp³-hybridized carbons (Fsp3) is 0.312. The summed E-state index contributed by atoms with van der Waals surface area (Å²) in [5, 5.41) is 3.10. The molecule has 0 aliphatic rings. The number of benzene rings is 1. The Hall–Kier alpha value is -2.01. The Morgan fingerprint density at radius 3 is 2.71 bits per heavy atom. The van der Waals surface area contributed by atoms with Crippen molar-refractivity contribution in [2.45, 2.75) is 19.9 Å². The molecule has 1 unspecified atom stereocenters. The molecule has 0 spiro atoms. The van der Waals surface area contributed by atoms with Crippen LogP contribution in [0.25, 0.3) is 0 Å². The van der Waals surface area contributed by atoms with Gasteiger partial charge in [0, 0.05) is 17.3 Å². The lowest BCUT2D eigenvalue weighted by molar-refractivity contribution is 0.385. The minimum atomic E-state index is -0.654. The maximum Gasteiger partial charge on any atom is 0.218 e. The highest BCUT2D eigenvalue weighted by Crippen LogP contribution is 2.32. The van der Waals surface area contributed by atoms with E-state index in [1.54, 1.807) is 25.3 Å².